The topological polar surface area (TPSA) is 63.0 Å². The third kappa shape index (κ3) is 3.28. The van der Waals surface area contributed by atoms with Crippen LogP contribution in [0.1, 0.15) is 24.8 Å². The van der Waals surface area contributed by atoms with Crippen LogP contribution in [0.5, 0.6) is 0 Å². The van der Waals surface area contributed by atoms with E-state index in [1.54, 1.807) is 0 Å². The second-order valence-electron chi connectivity index (χ2n) is 6.04. The van der Waals surface area contributed by atoms with E-state index < -0.39 is 0 Å². The standard InChI is InChI=1S/C18H24N4/c19-17(13-14-5-2-1-3-6-14)15-7-4-8-16(15)18(20)22-11-9-21-10-12-22/h1-3,5-6,19-21H,4,7-13H2. The molecule has 3 N–H and O–H groups in total. The van der Waals surface area contributed by atoms with Crippen LogP contribution in [-0.4, -0.2) is 42.6 Å². The van der Waals surface area contributed by atoms with Crippen LogP contribution in [0, 0.1) is 10.8 Å². The summed E-state index contributed by atoms with van der Waals surface area (Å²) in [6.45, 7) is 3.71. The number of hydrogen-bond acceptors (Lipinski definition) is 3. The molecule has 0 spiro atoms. The summed E-state index contributed by atoms with van der Waals surface area (Å²) in [4.78, 5) is 2.16. The summed E-state index contributed by atoms with van der Waals surface area (Å²) in [6, 6.07) is 10.2. The fraction of sp³-hybridized carbons (Fsp3) is 0.444. The van der Waals surface area contributed by atoms with Crippen molar-refractivity contribution in [3.05, 3.63) is 47.0 Å². The van der Waals surface area contributed by atoms with E-state index in [4.69, 9.17) is 10.8 Å². The highest BCUT2D eigenvalue weighted by atomic mass is 15.2. The number of rotatable bonds is 4. The number of benzene rings is 1. The Morgan fingerprint density at radius 3 is 2.41 bits per heavy atom. The van der Waals surface area contributed by atoms with Crippen LogP contribution in [-0.2, 0) is 6.42 Å². The van der Waals surface area contributed by atoms with Crippen molar-refractivity contribution in [1.82, 2.24) is 10.2 Å². The van der Waals surface area contributed by atoms with E-state index in [1.165, 1.54) is 5.56 Å². The van der Waals surface area contributed by atoms with Gasteiger partial charge in [-0.2, -0.15) is 0 Å². The minimum atomic E-state index is 0.659. The van der Waals surface area contributed by atoms with Crippen molar-refractivity contribution < 1.29 is 0 Å². The van der Waals surface area contributed by atoms with Gasteiger partial charge in [0.1, 0.15) is 5.84 Å². The fourth-order valence-corrected chi connectivity index (χ4v) is 3.32. The summed E-state index contributed by atoms with van der Waals surface area (Å²) >= 11 is 0. The highest BCUT2D eigenvalue weighted by Crippen LogP contribution is 2.29. The highest BCUT2D eigenvalue weighted by molar-refractivity contribution is 6.09. The maximum atomic E-state index is 8.53. The SMILES string of the molecule is N=C(Cc1ccccc1)C1=C(C(=N)N2CCNCC2)CCC1. The molecule has 2 aliphatic rings. The zero-order valence-electron chi connectivity index (χ0n) is 13.0. The van der Waals surface area contributed by atoms with Gasteiger partial charge in [-0.1, -0.05) is 30.3 Å². The Kier molecular flexibility index (Phi) is 4.68. The number of hydrogen-bond donors (Lipinski definition) is 3. The Morgan fingerprint density at radius 1 is 1.00 bits per heavy atom. The summed E-state index contributed by atoms with van der Waals surface area (Å²) in [5.74, 6) is 0.659. The van der Waals surface area contributed by atoms with Crippen LogP contribution in [0.25, 0.3) is 0 Å². The van der Waals surface area contributed by atoms with Gasteiger partial charge in [-0.25, -0.2) is 0 Å². The van der Waals surface area contributed by atoms with E-state index >= 15 is 0 Å². The number of amidine groups is 1. The van der Waals surface area contributed by atoms with Crippen molar-refractivity contribution in [1.29, 1.82) is 10.8 Å². The first kappa shape index (κ1) is 15.0. The van der Waals surface area contributed by atoms with E-state index in [0.29, 0.717) is 18.0 Å². The second-order valence-corrected chi connectivity index (χ2v) is 6.04. The van der Waals surface area contributed by atoms with Gasteiger partial charge in [-0.3, -0.25) is 5.41 Å². The van der Waals surface area contributed by atoms with E-state index in [2.05, 4.69) is 22.3 Å². The zero-order chi connectivity index (χ0) is 15.4. The lowest BCUT2D eigenvalue weighted by molar-refractivity contribution is 0.355. The third-order valence-corrected chi connectivity index (χ3v) is 4.52. The molecule has 0 atom stereocenters. The molecule has 0 unspecified atom stereocenters. The van der Waals surface area contributed by atoms with Crippen molar-refractivity contribution >= 4 is 11.5 Å². The first-order chi connectivity index (χ1) is 10.8. The maximum Gasteiger partial charge on any atom is 0.124 e. The van der Waals surface area contributed by atoms with Gasteiger partial charge in [0.05, 0.1) is 0 Å². The molecule has 1 fully saturated rings. The molecule has 4 nitrogen and oxygen atoms in total. The number of piperazine rings is 1. The molecular formula is C18H24N4. The quantitative estimate of drug-likeness (QED) is 0.591. The summed E-state index contributed by atoms with van der Waals surface area (Å²) in [7, 11) is 0. The van der Waals surface area contributed by atoms with Gasteiger partial charge in [-0.15, -0.1) is 0 Å². The average Bonchev–Trinajstić information content (AvgIpc) is 3.05. The molecule has 1 heterocycles. The van der Waals surface area contributed by atoms with Gasteiger partial charge >= 0.3 is 0 Å². The van der Waals surface area contributed by atoms with Crippen LogP contribution >= 0.6 is 0 Å². The van der Waals surface area contributed by atoms with E-state index in [0.717, 1.165) is 56.6 Å². The molecule has 0 radical (unpaired) electrons. The van der Waals surface area contributed by atoms with E-state index in [1.807, 2.05) is 18.2 Å². The molecular weight excluding hydrogens is 272 g/mol. The van der Waals surface area contributed by atoms with Gasteiger partial charge < -0.3 is 15.6 Å². The number of nitrogens with one attached hydrogen (secondary N) is 3. The lowest BCUT2D eigenvalue weighted by Crippen LogP contribution is -2.46. The second kappa shape index (κ2) is 6.88. The van der Waals surface area contributed by atoms with Gasteiger partial charge in [0.15, 0.2) is 0 Å². The Hall–Kier alpha value is -1.94. The normalized spacial score (nSPS) is 18.6. The molecule has 0 bridgehead atoms. The number of allylic oxidation sites excluding steroid dienone is 1. The predicted octanol–water partition coefficient (Wildman–Crippen LogP) is 2.61. The van der Waals surface area contributed by atoms with E-state index in [9.17, 15) is 0 Å². The highest BCUT2D eigenvalue weighted by Gasteiger charge is 2.25. The van der Waals surface area contributed by atoms with Gasteiger partial charge in [-0.05, 0) is 36.0 Å². The summed E-state index contributed by atoms with van der Waals surface area (Å²) < 4.78 is 0. The molecule has 1 saturated heterocycles. The van der Waals surface area contributed by atoms with Crippen molar-refractivity contribution in [2.45, 2.75) is 25.7 Å². The Labute approximate surface area is 132 Å². The molecule has 1 aliphatic heterocycles. The lowest BCUT2D eigenvalue weighted by atomic mass is 9.98. The van der Waals surface area contributed by atoms with Gasteiger partial charge in [0.25, 0.3) is 0 Å². The largest absolute Gasteiger partial charge is 0.354 e. The van der Waals surface area contributed by atoms with Crippen LogP contribution in [0.2, 0.25) is 0 Å². The minimum Gasteiger partial charge on any atom is -0.354 e. The summed E-state index contributed by atoms with van der Waals surface area (Å²) in [6.07, 6.45) is 3.66. The molecule has 1 aromatic rings. The van der Waals surface area contributed by atoms with Crippen molar-refractivity contribution in [3.63, 3.8) is 0 Å². The average molecular weight is 296 g/mol. The van der Waals surface area contributed by atoms with Crippen LogP contribution < -0.4 is 5.32 Å². The molecule has 1 aromatic carbocycles. The molecule has 0 saturated carbocycles. The van der Waals surface area contributed by atoms with Gasteiger partial charge in [0, 0.05) is 38.3 Å². The Morgan fingerprint density at radius 2 is 1.68 bits per heavy atom. The zero-order valence-corrected chi connectivity index (χ0v) is 13.0. The Bertz CT molecular complexity index is 582. The van der Waals surface area contributed by atoms with Crippen molar-refractivity contribution in [2.24, 2.45) is 0 Å². The molecule has 1 aliphatic carbocycles. The monoisotopic (exact) mass is 296 g/mol. The summed E-state index contributed by atoms with van der Waals surface area (Å²) in [5.41, 5.74) is 4.11. The molecule has 0 amide bonds. The van der Waals surface area contributed by atoms with Gasteiger partial charge in [0.2, 0.25) is 0 Å². The minimum absolute atomic E-state index is 0.659. The van der Waals surface area contributed by atoms with Crippen molar-refractivity contribution in [3.8, 4) is 0 Å². The first-order valence-electron chi connectivity index (χ1n) is 8.14. The first-order valence-corrected chi connectivity index (χ1v) is 8.14. The molecule has 4 heteroatoms. The van der Waals surface area contributed by atoms with E-state index in [-0.39, 0.29) is 0 Å². The fourth-order valence-electron chi connectivity index (χ4n) is 3.32. The summed E-state index contributed by atoms with van der Waals surface area (Å²) in [5, 5.41) is 20.3. The molecule has 116 valence electrons. The maximum absolute atomic E-state index is 8.53. The number of nitrogens with zero attached hydrogens (tertiary/aromatic N) is 1. The lowest BCUT2D eigenvalue weighted by Gasteiger charge is -2.30. The van der Waals surface area contributed by atoms with Crippen molar-refractivity contribution in [2.75, 3.05) is 26.2 Å². The molecule has 0 aromatic heterocycles. The van der Waals surface area contributed by atoms with Crippen LogP contribution in [0.3, 0.4) is 0 Å². The molecule has 3 rings (SSSR count). The molecule has 22 heavy (non-hydrogen) atoms. The predicted molar refractivity (Wildman–Crippen MR) is 90.9 cm³/mol. The van der Waals surface area contributed by atoms with Crippen LogP contribution in [0.15, 0.2) is 41.5 Å². The smallest absolute Gasteiger partial charge is 0.124 e. The van der Waals surface area contributed by atoms with Crippen LogP contribution in [0.4, 0.5) is 0 Å². The Balaban J connectivity index is 1.75. The third-order valence-electron chi connectivity index (χ3n) is 4.52.